The summed E-state index contributed by atoms with van der Waals surface area (Å²) in [5.74, 6) is 0.343. The SMILES string of the molecule is CC(CN)c1cccc2nnn(C)c12. The third-order valence-corrected chi connectivity index (χ3v) is 2.54. The summed E-state index contributed by atoms with van der Waals surface area (Å²) in [5.41, 5.74) is 8.91. The Morgan fingerprint density at radius 2 is 2.29 bits per heavy atom. The molecular formula is C10H14N4. The smallest absolute Gasteiger partial charge is 0.113 e. The zero-order valence-corrected chi connectivity index (χ0v) is 8.44. The van der Waals surface area contributed by atoms with E-state index < -0.39 is 0 Å². The molecular weight excluding hydrogens is 176 g/mol. The van der Waals surface area contributed by atoms with Crippen molar-refractivity contribution in [3.8, 4) is 0 Å². The largest absolute Gasteiger partial charge is 0.330 e. The van der Waals surface area contributed by atoms with Crippen LogP contribution in [0.4, 0.5) is 0 Å². The second kappa shape index (κ2) is 3.38. The summed E-state index contributed by atoms with van der Waals surface area (Å²) in [4.78, 5) is 0. The standard InChI is InChI=1S/C10H14N4/c1-7(6-11)8-4-3-5-9-10(8)14(2)13-12-9/h3-5,7H,6,11H2,1-2H3. The Balaban J connectivity index is 2.69. The van der Waals surface area contributed by atoms with Crippen LogP contribution in [0.25, 0.3) is 11.0 Å². The molecule has 1 heterocycles. The van der Waals surface area contributed by atoms with E-state index in [9.17, 15) is 0 Å². The molecule has 1 aromatic heterocycles. The van der Waals surface area contributed by atoms with E-state index in [0.29, 0.717) is 12.5 Å². The van der Waals surface area contributed by atoms with Crippen molar-refractivity contribution in [2.45, 2.75) is 12.8 Å². The topological polar surface area (TPSA) is 56.7 Å². The van der Waals surface area contributed by atoms with Crippen LogP contribution in [0.5, 0.6) is 0 Å². The Labute approximate surface area is 82.7 Å². The Kier molecular flexibility index (Phi) is 2.21. The molecule has 0 aliphatic heterocycles. The minimum atomic E-state index is 0.343. The lowest BCUT2D eigenvalue weighted by Gasteiger charge is -2.10. The number of benzene rings is 1. The highest BCUT2D eigenvalue weighted by atomic mass is 15.4. The van der Waals surface area contributed by atoms with Crippen LogP contribution in [0, 0.1) is 0 Å². The van der Waals surface area contributed by atoms with Gasteiger partial charge in [0.2, 0.25) is 0 Å². The van der Waals surface area contributed by atoms with E-state index >= 15 is 0 Å². The molecule has 0 radical (unpaired) electrons. The zero-order chi connectivity index (χ0) is 10.1. The van der Waals surface area contributed by atoms with E-state index in [1.165, 1.54) is 5.56 Å². The molecule has 2 rings (SSSR count). The Morgan fingerprint density at radius 3 is 3.00 bits per heavy atom. The van der Waals surface area contributed by atoms with Crippen molar-refractivity contribution in [2.24, 2.45) is 12.8 Å². The highest BCUT2D eigenvalue weighted by Gasteiger charge is 2.11. The van der Waals surface area contributed by atoms with Gasteiger partial charge in [0.15, 0.2) is 0 Å². The molecule has 74 valence electrons. The molecule has 0 spiro atoms. The van der Waals surface area contributed by atoms with Gasteiger partial charge in [0.05, 0.1) is 5.52 Å². The van der Waals surface area contributed by atoms with Crippen molar-refractivity contribution in [3.63, 3.8) is 0 Å². The molecule has 14 heavy (non-hydrogen) atoms. The van der Waals surface area contributed by atoms with Gasteiger partial charge in [-0.3, -0.25) is 0 Å². The minimum Gasteiger partial charge on any atom is -0.330 e. The van der Waals surface area contributed by atoms with Gasteiger partial charge in [-0.2, -0.15) is 0 Å². The number of hydrogen-bond donors (Lipinski definition) is 1. The van der Waals surface area contributed by atoms with Gasteiger partial charge in [-0.25, -0.2) is 4.68 Å². The Morgan fingerprint density at radius 1 is 1.50 bits per heavy atom. The molecule has 0 fully saturated rings. The van der Waals surface area contributed by atoms with E-state index in [1.807, 2.05) is 19.2 Å². The Hall–Kier alpha value is -1.42. The summed E-state index contributed by atoms with van der Waals surface area (Å²) in [6.45, 7) is 2.76. The lowest BCUT2D eigenvalue weighted by molar-refractivity contribution is 0.721. The fourth-order valence-electron chi connectivity index (χ4n) is 1.67. The van der Waals surface area contributed by atoms with E-state index in [1.54, 1.807) is 4.68 Å². The molecule has 2 N–H and O–H groups in total. The molecule has 0 saturated carbocycles. The summed E-state index contributed by atoms with van der Waals surface area (Å²) in [6.07, 6.45) is 0. The number of para-hydroxylation sites is 1. The first kappa shape index (κ1) is 9.15. The monoisotopic (exact) mass is 190 g/mol. The van der Waals surface area contributed by atoms with E-state index in [0.717, 1.165) is 11.0 Å². The number of nitrogens with two attached hydrogens (primary N) is 1. The molecule has 1 unspecified atom stereocenters. The van der Waals surface area contributed by atoms with Gasteiger partial charge in [-0.05, 0) is 24.1 Å². The average molecular weight is 190 g/mol. The summed E-state index contributed by atoms with van der Waals surface area (Å²) in [6, 6.07) is 6.05. The molecule has 1 aromatic carbocycles. The average Bonchev–Trinajstić information content (AvgIpc) is 2.59. The summed E-state index contributed by atoms with van der Waals surface area (Å²) in [7, 11) is 1.90. The fraction of sp³-hybridized carbons (Fsp3) is 0.400. The number of fused-ring (bicyclic) bond motifs is 1. The van der Waals surface area contributed by atoms with Crippen molar-refractivity contribution >= 4 is 11.0 Å². The molecule has 4 heteroatoms. The highest BCUT2D eigenvalue weighted by Crippen LogP contribution is 2.22. The number of rotatable bonds is 2. The van der Waals surface area contributed by atoms with Gasteiger partial charge in [0.25, 0.3) is 0 Å². The minimum absolute atomic E-state index is 0.343. The van der Waals surface area contributed by atoms with Crippen LogP contribution in [0.3, 0.4) is 0 Å². The highest BCUT2D eigenvalue weighted by molar-refractivity contribution is 5.78. The van der Waals surface area contributed by atoms with Gasteiger partial charge in [-0.1, -0.05) is 24.3 Å². The molecule has 4 nitrogen and oxygen atoms in total. The molecule has 0 aliphatic carbocycles. The van der Waals surface area contributed by atoms with Crippen LogP contribution in [0.1, 0.15) is 18.4 Å². The van der Waals surface area contributed by atoms with Crippen molar-refractivity contribution in [1.29, 1.82) is 0 Å². The maximum Gasteiger partial charge on any atom is 0.113 e. The first-order valence-corrected chi connectivity index (χ1v) is 4.72. The normalized spacial score (nSPS) is 13.4. The lowest BCUT2D eigenvalue weighted by atomic mass is 10.00. The predicted octanol–water partition coefficient (Wildman–Crippen LogP) is 1.03. The van der Waals surface area contributed by atoms with Crippen LogP contribution in [-0.4, -0.2) is 21.5 Å². The molecule has 0 saturated heterocycles. The van der Waals surface area contributed by atoms with Crippen molar-refractivity contribution < 1.29 is 0 Å². The maximum atomic E-state index is 5.66. The third-order valence-electron chi connectivity index (χ3n) is 2.54. The molecule has 1 atom stereocenters. The number of aromatic nitrogens is 3. The van der Waals surface area contributed by atoms with Gasteiger partial charge in [0, 0.05) is 7.05 Å². The van der Waals surface area contributed by atoms with Crippen LogP contribution in [-0.2, 0) is 7.05 Å². The summed E-state index contributed by atoms with van der Waals surface area (Å²) in [5, 5.41) is 8.07. The molecule has 0 bridgehead atoms. The Bertz CT molecular complexity index is 446. The van der Waals surface area contributed by atoms with Crippen molar-refractivity contribution in [2.75, 3.05) is 6.54 Å². The second-order valence-corrected chi connectivity index (χ2v) is 3.56. The van der Waals surface area contributed by atoms with E-state index in [-0.39, 0.29) is 0 Å². The number of aryl methyl sites for hydroxylation is 1. The number of nitrogens with zero attached hydrogens (tertiary/aromatic N) is 3. The van der Waals surface area contributed by atoms with Crippen molar-refractivity contribution in [3.05, 3.63) is 23.8 Å². The lowest BCUT2D eigenvalue weighted by Crippen LogP contribution is -2.10. The van der Waals surface area contributed by atoms with Gasteiger partial charge < -0.3 is 5.73 Å². The fourth-order valence-corrected chi connectivity index (χ4v) is 1.67. The van der Waals surface area contributed by atoms with E-state index in [4.69, 9.17) is 5.73 Å². The van der Waals surface area contributed by atoms with Crippen LogP contribution in [0.2, 0.25) is 0 Å². The van der Waals surface area contributed by atoms with Gasteiger partial charge in [-0.15, -0.1) is 5.10 Å². The first-order valence-electron chi connectivity index (χ1n) is 4.72. The molecule has 0 aliphatic rings. The quantitative estimate of drug-likeness (QED) is 0.769. The van der Waals surface area contributed by atoms with Crippen molar-refractivity contribution in [1.82, 2.24) is 15.0 Å². The number of hydrogen-bond acceptors (Lipinski definition) is 3. The van der Waals surface area contributed by atoms with Crippen LogP contribution in [0.15, 0.2) is 18.2 Å². The van der Waals surface area contributed by atoms with Gasteiger partial charge >= 0.3 is 0 Å². The van der Waals surface area contributed by atoms with E-state index in [2.05, 4.69) is 23.3 Å². The van der Waals surface area contributed by atoms with Crippen LogP contribution >= 0.6 is 0 Å². The first-order chi connectivity index (χ1) is 6.74. The second-order valence-electron chi connectivity index (χ2n) is 3.56. The summed E-state index contributed by atoms with van der Waals surface area (Å²) < 4.78 is 1.80. The van der Waals surface area contributed by atoms with Crippen LogP contribution < -0.4 is 5.73 Å². The maximum absolute atomic E-state index is 5.66. The third kappa shape index (κ3) is 1.28. The van der Waals surface area contributed by atoms with Gasteiger partial charge in [0.1, 0.15) is 5.52 Å². The molecule has 0 amide bonds. The predicted molar refractivity (Wildman–Crippen MR) is 56.0 cm³/mol. The zero-order valence-electron chi connectivity index (χ0n) is 8.44. The molecule has 2 aromatic rings. The summed E-state index contributed by atoms with van der Waals surface area (Å²) >= 11 is 0.